The Morgan fingerprint density at radius 2 is 1.90 bits per heavy atom. The number of amides is 2. The number of thiophene rings is 1. The van der Waals surface area contributed by atoms with Crippen LogP contribution in [0.1, 0.15) is 58.2 Å². The quantitative estimate of drug-likeness (QED) is 0.180. The van der Waals surface area contributed by atoms with Crippen LogP contribution in [0.2, 0.25) is 0 Å². The zero-order chi connectivity index (χ0) is 29.3. The number of pyridine rings is 1. The maximum absolute atomic E-state index is 13.5. The predicted octanol–water partition coefficient (Wildman–Crippen LogP) is 6.33. The van der Waals surface area contributed by atoms with Gasteiger partial charge in [-0.1, -0.05) is 38.0 Å². The monoisotopic (exact) mass is 576 g/mol. The van der Waals surface area contributed by atoms with Crippen molar-refractivity contribution in [3.05, 3.63) is 113 Å². The molecular weight excluding hydrogens is 544 g/mol. The number of benzene rings is 2. The lowest BCUT2D eigenvalue weighted by molar-refractivity contribution is -0.120. The Kier molecular flexibility index (Phi) is 9.37. The lowest BCUT2D eigenvalue weighted by Crippen LogP contribution is -2.25. The van der Waals surface area contributed by atoms with Gasteiger partial charge in [-0.25, -0.2) is 4.98 Å². The molecule has 212 valence electrons. The van der Waals surface area contributed by atoms with Gasteiger partial charge in [0.15, 0.2) is 0 Å². The van der Waals surface area contributed by atoms with Gasteiger partial charge in [0.05, 0.1) is 22.8 Å². The normalized spacial score (nSPS) is 11.6. The fraction of sp³-hybridized carbons (Fsp3) is 0.242. The van der Waals surface area contributed by atoms with Crippen LogP contribution in [0.4, 0.5) is 5.69 Å². The van der Waals surface area contributed by atoms with E-state index in [0.717, 1.165) is 46.2 Å². The van der Waals surface area contributed by atoms with Crippen LogP contribution in [0.3, 0.4) is 0 Å². The first kappa shape index (κ1) is 28.7. The maximum Gasteiger partial charge on any atom is 0.261 e. The van der Waals surface area contributed by atoms with Crippen LogP contribution in [0.15, 0.2) is 85.6 Å². The van der Waals surface area contributed by atoms with E-state index in [1.165, 1.54) is 11.3 Å². The number of unbranched alkanes of at least 4 members (excludes halogenated alkanes) is 1. The molecule has 3 heterocycles. The van der Waals surface area contributed by atoms with Gasteiger partial charge in [0, 0.05) is 60.1 Å². The number of hydrogen-bond acceptors (Lipinski definition) is 6. The van der Waals surface area contributed by atoms with Crippen molar-refractivity contribution in [3.63, 3.8) is 0 Å². The second-order valence-corrected chi connectivity index (χ2v) is 11.3. The molecular formula is C33H32N6O2S. The molecule has 42 heavy (non-hydrogen) atoms. The first-order chi connectivity index (χ1) is 20.5. The molecule has 0 aliphatic rings. The van der Waals surface area contributed by atoms with Crippen LogP contribution >= 0.6 is 11.3 Å². The summed E-state index contributed by atoms with van der Waals surface area (Å²) in [4.78, 5) is 35.3. The van der Waals surface area contributed by atoms with Crippen molar-refractivity contribution in [1.82, 2.24) is 19.9 Å². The van der Waals surface area contributed by atoms with Gasteiger partial charge >= 0.3 is 0 Å². The van der Waals surface area contributed by atoms with E-state index in [-0.39, 0.29) is 17.7 Å². The molecule has 0 aliphatic carbocycles. The van der Waals surface area contributed by atoms with Crippen molar-refractivity contribution in [2.75, 3.05) is 5.32 Å². The summed E-state index contributed by atoms with van der Waals surface area (Å²) in [6.45, 7) is 3.16. The van der Waals surface area contributed by atoms with Crippen molar-refractivity contribution in [3.8, 4) is 6.07 Å². The molecule has 2 N–H and O–H groups in total. The number of carbonyl (C=O) groups is 2. The largest absolute Gasteiger partial charge is 0.347 e. The zero-order valence-corrected chi connectivity index (χ0v) is 24.2. The Balaban J connectivity index is 1.25. The number of imidazole rings is 1. The Hall–Kier alpha value is -4.81. The first-order valence-electron chi connectivity index (χ1n) is 14.0. The van der Waals surface area contributed by atoms with Crippen LogP contribution in [-0.2, 0) is 24.3 Å². The molecule has 2 amide bonds. The van der Waals surface area contributed by atoms with Gasteiger partial charge in [0.25, 0.3) is 5.91 Å². The van der Waals surface area contributed by atoms with E-state index in [2.05, 4.69) is 38.2 Å². The van der Waals surface area contributed by atoms with E-state index in [1.54, 1.807) is 18.7 Å². The standard InChI is InChI=1S/C33H32N6O2S/c1-2-3-6-26(15-29-20-36-22-39(29)21-24-9-7-23(17-34)8-10-24)32(40)38-28-11-12-30-27(14-28)16-31(42-30)33(41)37-19-25-5-4-13-35-18-25/h4-5,7-14,16,18,20,22,26H,2-3,6,15,19,21H2,1H3,(H,37,41)(H,38,40). The number of aromatic nitrogens is 3. The van der Waals surface area contributed by atoms with Gasteiger partial charge in [-0.3, -0.25) is 14.6 Å². The predicted molar refractivity (Wildman–Crippen MR) is 165 cm³/mol. The highest BCUT2D eigenvalue weighted by molar-refractivity contribution is 7.20. The minimum atomic E-state index is -0.214. The SMILES string of the molecule is CCCCC(Cc1cncn1Cc1ccc(C#N)cc1)C(=O)Nc1ccc2sc(C(=O)NCc3cccnc3)cc2c1. The summed E-state index contributed by atoms with van der Waals surface area (Å²) in [6.07, 6.45) is 10.3. The second-order valence-electron chi connectivity index (χ2n) is 10.3. The molecule has 3 aromatic heterocycles. The highest BCUT2D eigenvalue weighted by Crippen LogP contribution is 2.29. The van der Waals surface area contributed by atoms with E-state index >= 15 is 0 Å². The van der Waals surface area contributed by atoms with Crippen LogP contribution in [0, 0.1) is 17.2 Å². The van der Waals surface area contributed by atoms with Crippen molar-refractivity contribution < 1.29 is 9.59 Å². The third-order valence-corrected chi connectivity index (χ3v) is 8.27. The Morgan fingerprint density at radius 3 is 2.67 bits per heavy atom. The molecule has 0 spiro atoms. The van der Waals surface area contributed by atoms with Crippen LogP contribution < -0.4 is 10.6 Å². The molecule has 0 saturated carbocycles. The number of anilines is 1. The zero-order valence-electron chi connectivity index (χ0n) is 23.4. The van der Waals surface area contributed by atoms with Gasteiger partial charge in [-0.05, 0) is 65.4 Å². The fourth-order valence-electron chi connectivity index (χ4n) is 4.82. The van der Waals surface area contributed by atoms with E-state index in [4.69, 9.17) is 5.26 Å². The number of rotatable bonds is 12. The van der Waals surface area contributed by atoms with Gasteiger partial charge in [0.1, 0.15) is 0 Å². The van der Waals surface area contributed by atoms with Gasteiger partial charge in [-0.2, -0.15) is 5.26 Å². The number of nitrogens with one attached hydrogen (secondary N) is 2. The van der Waals surface area contributed by atoms with Crippen molar-refractivity contribution in [1.29, 1.82) is 5.26 Å². The molecule has 2 aromatic carbocycles. The third-order valence-electron chi connectivity index (χ3n) is 7.15. The number of nitriles is 1. The minimum absolute atomic E-state index is 0.0291. The molecule has 0 saturated heterocycles. The lowest BCUT2D eigenvalue weighted by Gasteiger charge is -2.18. The number of nitrogens with zero attached hydrogens (tertiary/aromatic N) is 4. The molecule has 1 atom stereocenters. The van der Waals surface area contributed by atoms with Crippen molar-refractivity contribution in [2.45, 2.75) is 45.7 Å². The van der Waals surface area contributed by atoms with E-state index < -0.39 is 0 Å². The van der Waals surface area contributed by atoms with E-state index in [1.807, 2.05) is 66.9 Å². The topological polar surface area (TPSA) is 113 Å². The first-order valence-corrected chi connectivity index (χ1v) is 14.8. The highest BCUT2D eigenvalue weighted by Gasteiger charge is 2.21. The summed E-state index contributed by atoms with van der Waals surface area (Å²) in [6, 6.07) is 21.0. The number of carbonyl (C=O) groups excluding carboxylic acids is 2. The summed E-state index contributed by atoms with van der Waals surface area (Å²) >= 11 is 1.43. The third kappa shape index (κ3) is 7.28. The Bertz CT molecular complexity index is 1700. The molecule has 5 aromatic rings. The average Bonchev–Trinajstić information content (AvgIpc) is 3.65. The molecule has 5 rings (SSSR count). The molecule has 0 bridgehead atoms. The molecule has 1 unspecified atom stereocenters. The summed E-state index contributed by atoms with van der Waals surface area (Å²) in [5.74, 6) is -0.380. The summed E-state index contributed by atoms with van der Waals surface area (Å²) in [7, 11) is 0. The molecule has 0 radical (unpaired) electrons. The van der Waals surface area contributed by atoms with Crippen LogP contribution in [0.5, 0.6) is 0 Å². The smallest absolute Gasteiger partial charge is 0.261 e. The van der Waals surface area contributed by atoms with Crippen LogP contribution in [0.25, 0.3) is 10.1 Å². The Morgan fingerprint density at radius 1 is 1.05 bits per heavy atom. The summed E-state index contributed by atoms with van der Waals surface area (Å²) < 4.78 is 3.04. The van der Waals surface area contributed by atoms with Crippen LogP contribution in [-0.4, -0.2) is 26.3 Å². The van der Waals surface area contributed by atoms with E-state index in [9.17, 15) is 9.59 Å². The average molecular weight is 577 g/mol. The van der Waals surface area contributed by atoms with Gasteiger partial charge in [-0.15, -0.1) is 11.3 Å². The number of hydrogen-bond donors (Lipinski definition) is 2. The van der Waals surface area contributed by atoms with Crippen molar-refractivity contribution in [2.24, 2.45) is 5.92 Å². The maximum atomic E-state index is 13.5. The second kappa shape index (κ2) is 13.7. The Labute approximate surface area is 249 Å². The highest BCUT2D eigenvalue weighted by atomic mass is 32.1. The summed E-state index contributed by atoms with van der Waals surface area (Å²) in [5.41, 5.74) is 4.33. The molecule has 0 fully saturated rings. The van der Waals surface area contributed by atoms with Gasteiger partial charge < -0.3 is 15.2 Å². The molecule has 0 aliphatic heterocycles. The molecule has 8 nitrogen and oxygen atoms in total. The van der Waals surface area contributed by atoms with E-state index in [0.29, 0.717) is 35.6 Å². The fourth-order valence-corrected chi connectivity index (χ4v) is 5.78. The lowest BCUT2D eigenvalue weighted by atomic mass is 9.95. The minimum Gasteiger partial charge on any atom is -0.347 e. The molecule has 9 heteroatoms. The number of fused-ring (bicyclic) bond motifs is 1. The van der Waals surface area contributed by atoms with Crippen molar-refractivity contribution >= 4 is 38.9 Å². The van der Waals surface area contributed by atoms with Gasteiger partial charge in [0.2, 0.25) is 5.91 Å². The summed E-state index contributed by atoms with van der Waals surface area (Å²) in [5, 5.41) is 16.0.